The first kappa shape index (κ1) is 25.9. The molecule has 35 heavy (non-hydrogen) atoms. The van der Waals surface area contributed by atoms with E-state index in [2.05, 4.69) is 43.1 Å². The summed E-state index contributed by atoms with van der Waals surface area (Å²) in [5.74, 6) is -0.145. The fourth-order valence-electron chi connectivity index (χ4n) is 5.36. The third-order valence-electron chi connectivity index (χ3n) is 7.47. The van der Waals surface area contributed by atoms with Gasteiger partial charge in [-0.2, -0.15) is 0 Å². The van der Waals surface area contributed by atoms with Gasteiger partial charge in [0.2, 0.25) is 5.91 Å². The van der Waals surface area contributed by atoms with Crippen molar-refractivity contribution in [2.75, 3.05) is 39.8 Å². The number of rotatable bonds is 4. The highest BCUT2D eigenvalue weighted by atomic mass is 35.5. The molecule has 0 radical (unpaired) electrons. The summed E-state index contributed by atoms with van der Waals surface area (Å²) >= 11 is 6.05. The van der Waals surface area contributed by atoms with Gasteiger partial charge in [-0.3, -0.25) is 9.69 Å². The lowest BCUT2D eigenvalue weighted by Gasteiger charge is -2.33. The number of likely N-dealkylation sites (tertiary alicyclic amines) is 1. The number of amides is 1. The minimum atomic E-state index is -0.303. The second kappa shape index (κ2) is 10.9. The van der Waals surface area contributed by atoms with Crippen LogP contribution in [0.15, 0.2) is 42.5 Å². The van der Waals surface area contributed by atoms with Crippen LogP contribution in [0.25, 0.3) is 0 Å². The van der Waals surface area contributed by atoms with Crippen LogP contribution in [0.2, 0.25) is 5.02 Å². The Bertz CT molecular complexity index is 1010. The highest BCUT2D eigenvalue weighted by molar-refractivity contribution is 6.30. The van der Waals surface area contributed by atoms with Crippen LogP contribution in [-0.4, -0.2) is 61.1 Å². The molecule has 2 fully saturated rings. The van der Waals surface area contributed by atoms with Crippen LogP contribution in [-0.2, 0) is 4.79 Å². The molecule has 5 nitrogen and oxygen atoms in total. The Kier molecular flexibility index (Phi) is 8.04. The van der Waals surface area contributed by atoms with Crippen molar-refractivity contribution in [2.45, 2.75) is 51.1 Å². The summed E-state index contributed by atoms with van der Waals surface area (Å²) < 4.78 is 20.3. The Labute approximate surface area is 213 Å². The van der Waals surface area contributed by atoms with Crippen LogP contribution in [0.4, 0.5) is 4.39 Å². The van der Waals surface area contributed by atoms with Crippen LogP contribution >= 0.6 is 11.6 Å². The van der Waals surface area contributed by atoms with Gasteiger partial charge in [-0.05, 0) is 62.9 Å². The molecule has 0 aliphatic carbocycles. The van der Waals surface area contributed by atoms with E-state index in [0.29, 0.717) is 37.5 Å². The Morgan fingerprint density at radius 1 is 1.11 bits per heavy atom. The van der Waals surface area contributed by atoms with Crippen LogP contribution < -0.4 is 10.1 Å². The molecule has 0 unspecified atom stereocenters. The van der Waals surface area contributed by atoms with Crippen molar-refractivity contribution in [3.63, 3.8) is 0 Å². The van der Waals surface area contributed by atoms with E-state index in [1.54, 1.807) is 12.1 Å². The van der Waals surface area contributed by atoms with Gasteiger partial charge in [0.1, 0.15) is 11.6 Å². The Morgan fingerprint density at radius 3 is 2.51 bits per heavy atom. The fraction of sp³-hybridized carbons (Fsp3) is 0.536. The van der Waals surface area contributed by atoms with E-state index in [1.807, 2.05) is 17.0 Å². The highest BCUT2D eigenvalue weighted by Crippen LogP contribution is 2.39. The quantitative estimate of drug-likeness (QED) is 0.621. The van der Waals surface area contributed by atoms with Gasteiger partial charge in [-0.1, -0.05) is 29.8 Å². The molecule has 2 aromatic carbocycles. The summed E-state index contributed by atoms with van der Waals surface area (Å²) in [6, 6.07) is 13.2. The number of ether oxygens (including phenoxy) is 1. The van der Waals surface area contributed by atoms with Crippen LogP contribution in [0, 0.1) is 11.7 Å². The fourth-order valence-corrected chi connectivity index (χ4v) is 5.49. The number of nitrogens with zero attached hydrogens (tertiary/aromatic N) is 2. The molecule has 2 aliphatic rings. The molecule has 0 bridgehead atoms. The number of hydrogen-bond donors (Lipinski definition) is 1. The van der Waals surface area contributed by atoms with Gasteiger partial charge < -0.3 is 15.0 Å². The third kappa shape index (κ3) is 5.99. The molecular formula is C28H37ClFN3O2. The monoisotopic (exact) mass is 501 g/mol. The number of carbonyl (C=O) groups excluding carboxylic acids is 1. The van der Waals surface area contributed by atoms with Crippen molar-refractivity contribution in [3.8, 4) is 5.75 Å². The van der Waals surface area contributed by atoms with Crippen LogP contribution in [0.3, 0.4) is 0 Å². The second-order valence-electron chi connectivity index (χ2n) is 10.7. The molecule has 1 N–H and O–H groups in total. The summed E-state index contributed by atoms with van der Waals surface area (Å²) in [6.07, 6.45) is 1.85. The zero-order valence-corrected chi connectivity index (χ0v) is 21.9. The van der Waals surface area contributed by atoms with Gasteiger partial charge >= 0.3 is 0 Å². The number of hydrogen-bond acceptors (Lipinski definition) is 4. The molecule has 2 saturated heterocycles. The van der Waals surface area contributed by atoms with Crippen LogP contribution in [0.5, 0.6) is 5.75 Å². The number of benzene rings is 2. The van der Waals surface area contributed by atoms with E-state index >= 15 is 4.39 Å². The molecule has 7 heteroatoms. The molecule has 4 rings (SSSR count). The summed E-state index contributed by atoms with van der Waals surface area (Å²) in [5.41, 5.74) is 1.73. The largest absolute Gasteiger partial charge is 0.497 e. The van der Waals surface area contributed by atoms with Gasteiger partial charge in [-0.15, -0.1) is 0 Å². The number of nitrogens with one attached hydrogen (secondary N) is 1. The minimum Gasteiger partial charge on any atom is -0.497 e. The maximum Gasteiger partial charge on any atom is 0.227 e. The normalized spacial score (nSPS) is 24.2. The zero-order valence-electron chi connectivity index (χ0n) is 21.2. The molecule has 2 aromatic rings. The van der Waals surface area contributed by atoms with Gasteiger partial charge in [0.15, 0.2) is 0 Å². The average Bonchev–Trinajstić information content (AvgIpc) is 3.25. The predicted octanol–water partition coefficient (Wildman–Crippen LogP) is 5.25. The van der Waals surface area contributed by atoms with E-state index in [0.717, 1.165) is 24.4 Å². The van der Waals surface area contributed by atoms with Crippen molar-refractivity contribution in [2.24, 2.45) is 5.92 Å². The lowest BCUT2D eigenvalue weighted by molar-refractivity contribution is -0.136. The van der Waals surface area contributed by atoms with Crippen molar-refractivity contribution >= 4 is 17.5 Å². The van der Waals surface area contributed by atoms with Crippen molar-refractivity contribution < 1.29 is 13.9 Å². The van der Waals surface area contributed by atoms with Crippen LogP contribution in [0.1, 0.15) is 56.7 Å². The standard InChI is InChI=1S/C28H37ClFN3O2/c1-28(2,3)33-17-23(22-12-11-21(35-4)16-25(22)30)24(18-33)27(34)32-14-5-6-26(31-13-15-32)19-7-9-20(29)10-8-19/h7-12,16,23-24,26,31H,5-6,13-15,17-18H2,1-4H3/t23-,24+,26-/m0/s1. The Balaban J connectivity index is 1.49. The molecule has 2 heterocycles. The maximum absolute atomic E-state index is 15.1. The average molecular weight is 502 g/mol. The molecule has 0 spiro atoms. The zero-order chi connectivity index (χ0) is 25.2. The van der Waals surface area contributed by atoms with Gasteiger partial charge in [0.25, 0.3) is 0 Å². The number of carbonyl (C=O) groups is 1. The molecular weight excluding hydrogens is 465 g/mol. The van der Waals surface area contributed by atoms with E-state index < -0.39 is 0 Å². The minimum absolute atomic E-state index is 0.0974. The SMILES string of the molecule is COc1ccc([C@@H]2CN(C(C)(C)C)C[C@H]2C(=O)N2CCC[C@@H](c3ccc(Cl)cc3)NCC2)c(F)c1. The van der Waals surface area contributed by atoms with Gasteiger partial charge in [0, 0.05) is 61.3 Å². The van der Waals surface area contributed by atoms with Gasteiger partial charge in [0.05, 0.1) is 13.0 Å². The predicted molar refractivity (Wildman–Crippen MR) is 139 cm³/mol. The third-order valence-corrected chi connectivity index (χ3v) is 7.72. The first-order chi connectivity index (χ1) is 16.7. The van der Waals surface area contributed by atoms with Gasteiger partial charge in [-0.25, -0.2) is 4.39 Å². The Morgan fingerprint density at radius 2 is 1.86 bits per heavy atom. The first-order valence-electron chi connectivity index (χ1n) is 12.5. The van der Waals surface area contributed by atoms with E-state index in [9.17, 15) is 4.79 Å². The van der Waals surface area contributed by atoms with E-state index in [-0.39, 0.29) is 35.1 Å². The lowest BCUT2D eigenvalue weighted by Crippen LogP contribution is -2.45. The summed E-state index contributed by atoms with van der Waals surface area (Å²) in [7, 11) is 1.53. The first-order valence-corrected chi connectivity index (χ1v) is 12.9. The van der Waals surface area contributed by atoms with Crippen molar-refractivity contribution in [1.29, 1.82) is 0 Å². The molecule has 0 saturated carbocycles. The number of methoxy groups -OCH3 is 1. The van der Waals surface area contributed by atoms with E-state index in [4.69, 9.17) is 16.3 Å². The molecule has 0 aromatic heterocycles. The Hall–Kier alpha value is -2.15. The summed E-state index contributed by atoms with van der Waals surface area (Å²) in [5, 5.41) is 4.35. The van der Waals surface area contributed by atoms with E-state index in [1.165, 1.54) is 18.7 Å². The van der Waals surface area contributed by atoms with Crippen molar-refractivity contribution in [3.05, 3.63) is 64.4 Å². The molecule has 2 aliphatic heterocycles. The summed E-state index contributed by atoms with van der Waals surface area (Å²) in [6.45, 7) is 9.83. The second-order valence-corrected chi connectivity index (χ2v) is 11.1. The highest BCUT2D eigenvalue weighted by Gasteiger charge is 2.44. The molecule has 1 amide bonds. The maximum atomic E-state index is 15.1. The summed E-state index contributed by atoms with van der Waals surface area (Å²) in [4.78, 5) is 18.1. The lowest BCUT2D eigenvalue weighted by atomic mass is 9.87. The molecule has 3 atom stereocenters. The smallest absolute Gasteiger partial charge is 0.227 e. The molecule has 190 valence electrons. The number of halogens is 2. The van der Waals surface area contributed by atoms with Crippen molar-refractivity contribution in [1.82, 2.24) is 15.1 Å². The topological polar surface area (TPSA) is 44.8 Å².